The van der Waals surface area contributed by atoms with E-state index in [4.69, 9.17) is 4.74 Å². The van der Waals surface area contributed by atoms with Gasteiger partial charge in [-0.05, 0) is 46.2 Å². The van der Waals surface area contributed by atoms with Crippen LogP contribution >= 0.6 is 0 Å². The maximum atomic E-state index is 12.9. The second-order valence-corrected chi connectivity index (χ2v) is 7.84. The fraction of sp³-hybridized carbons (Fsp3) is 0.941. The molecule has 124 valence electrons. The molecular weight excluding hydrogens is 278 g/mol. The van der Waals surface area contributed by atoms with Crippen LogP contribution in [-0.4, -0.2) is 84.2 Å². The van der Waals surface area contributed by atoms with Crippen molar-refractivity contribution in [1.29, 1.82) is 0 Å². The van der Waals surface area contributed by atoms with Crippen LogP contribution in [0.2, 0.25) is 0 Å². The van der Waals surface area contributed by atoms with Crippen molar-refractivity contribution in [1.82, 2.24) is 14.7 Å². The summed E-state index contributed by atoms with van der Waals surface area (Å²) < 4.78 is 5.29. The molecule has 5 aliphatic rings. The smallest absolute Gasteiger partial charge is 0.226 e. The number of likely N-dealkylation sites (tertiary alicyclic amines) is 1. The predicted octanol–water partition coefficient (Wildman–Crippen LogP) is 0.791. The van der Waals surface area contributed by atoms with Gasteiger partial charge in [-0.15, -0.1) is 0 Å². The van der Waals surface area contributed by atoms with Crippen LogP contribution < -0.4 is 0 Å². The SMILES string of the molecule is CC(C)N1CC2CC(C1)N2C(=O)C1CCN(C2COC2)CC1. The molecule has 5 rings (SSSR count). The topological polar surface area (TPSA) is 36.0 Å². The summed E-state index contributed by atoms with van der Waals surface area (Å²) in [5, 5.41) is 0. The second-order valence-electron chi connectivity index (χ2n) is 7.84. The Morgan fingerprint density at radius 2 is 1.68 bits per heavy atom. The first kappa shape index (κ1) is 14.9. The van der Waals surface area contributed by atoms with Gasteiger partial charge in [0.2, 0.25) is 5.91 Å². The first-order valence-corrected chi connectivity index (χ1v) is 9.01. The third-order valence-corrected chi connectivity index (χ3v) is 6.22. The van der Waals surface area contributed by atoms with Gasteiger partial charge in [0.1, 0.15) is 0 Å². The van der Waals surface area contributed by atoms with E-state index >= 15 is 0 Å². The molecule has 22 heavy (non-hydrogen) atoms. The van der Waals surface area contributed by atoms with Gasteiger partial charge in [-0.25, -0.2) is 0 Å². The first-order chi connectivity index (χ1) is 10.6. The Bertz CT molecular complexity index is 418. The van der Waals surface area contributed by atoms with Gasteiger partial charge in [0, 0.05) is 37.1 Å². The number of ether oxygens (including phenoxy) is 1. The molecule has 0 spiro atoms. The van der Waals surface area contributed by atoms with Crippen LogP contribution in [0.3, 0.4) is 0 Å². The molecule has 2 unspecified atom stereocenters. The third-order valence-electron chi connectivity index (χ3n) is 6.22. The number of nitrogens with zero attached hydrogens (tertiary/aromatic N) is 3. The summed E-state index contributed by atoms with van der Waals surface area (Å²) in [5.41, 5.74) is 0. The molecule has 0 radical (unpaired) electrons. The molecule has 5 heteroatoms. The van der Waals surface area contributed by atoms with Crippen LogP contribution in [0.4, 0.5) is 0 Å². The summed E-state index contributed by atoms with van der Waals surface area (Å²) >= 11 is 0. The minimum atomic E-state index is 0.271. The highest BCUT2D eigenvalue weighted by atomic mass is 16.5. The molecule has 0 N–H and O–H groups in total. The van der Waals surface area contributed by atoms with Gasteiger partial charge in [-0.2, -0.15) is 0 Å². The normalized spacial score (nSPS) is 34.6. The Morgan fingerprint density at radius 3 is 2.18 bits per heavy atom. The molecule has 0 aliphatic carbocycles. The molecule has 5 saturated heterocycles. The van der Waals surface area contributed by atoms with Gasteiger partial charge in [-0.1, -0.05) is 0 Å². The van der Waals surface area contributed by atoms with Crippen molar-refractivity contribution in [3.8, 4) is 0 Å². The summed E-state index contributed by atoms with van der Waals surface area (Å²) in [6.45, 7) is 10.6. The number of carbonyl (C=O) groups excluding carboxylic acids is 1. The van der Waals surface area contributed by atoms with E-state index in [9.17, 15) is 4.79 Å². The maximum absolute atomic E-state index is 12.9. The van der Waals surface area contributed by atoms with E-state index < -0.39 is 0 Å². The van der Waals surface area contributed by atoms with Crippen molar-refractivity contribution in [2.24, 2.45) is 5.92 Å². The summed E-state index contributed by atoms with van der Waals surface area (Å²) in [6, 6.07) is 2.22. The van der Waals surface area contributed by atoms with Crippen molar-refractivity contribution >= 4 is 5.91 Å². The lowest BCUT2D eigenvalue weighted by molar-refractivity contribution is -0.162. The zero-order valence-corrected chi connectivity index (χ0v) is 13.9. The van der Waals surface area contributed by atoms with Crippen LogP contribution in [-0.2, 0) is 9.53 Å². The second kappa shape index (κ2) is 5.77. The summed E-state index contributed by atoms with van der Waals surface area (Å²) in [7, 11) is 0. The van der Waals surface area contributed by atoms with E-state index in [1.807, 2.05) is 0 Å². The Hall–Kier alpha value is -0.650. The highest BCUT2D eigenvalue weighted by molar-refractivity contribution is 5.80. The van der Waals surface area contributed by atoms with Gasteiger partial charge in [0.15, 0.2) is 0 Å². The number of hydrogen-bond acceptors (Lipinski definition) is 4. The summed E-state index contributed by atoms with van der Waals surface area (Å²) in [4.78, 5) is 20.2. The molecule has 0 saturated carbocycles. The zero-order valence-electron chi connectivity index (χ0n) is 13.9. The first-order valence-electron chi connectivity index (χ1n) is 9.01. The van der Waals surface area contributed by atoms with Crippen molar-refractivity contribution in [2.75, 3.05) is 39.4 Å². The molecule has 1 amide bonds. The highest BCUT2D eigenvalue weighted by Gasteiger charge is 2.49. The van der Waals surface area contributed by atoms with Crippen molar-refractivity contribution in [2.45, 2.75) is 57.3 Å². The summed E-state index contributed by atoms with van der Waals surface area (Å²) in [6.07, 6.45) is 3.31. The van der Waals surface area contributed by atoms with E-state index in [0.29, 0.717) is 30.1 Å². The Balaban J connectivity index is 1.30. The van der Waals surface area contributed by atoms with Crippen molar-refractivity contribution < 1.29 is 9.53 Å². The predicted molar refractivity (Wildman–Crippen MR) is 84.7 cm³/mol. The molecule has 5 fully saturated rings. The number of rotatable bonds is 3. The molecular formula is C17H29N3O2. The van der Waals surface area contributed by atoms with Crippen LogP contribution in [0, 0.1) is 5.92 Å². The fourth-order valence-electron chi connectivity index (χ4n) is 4.58. The molecule has 0 aromatic heterocycles. The number of piperazine rings is 1. The highest BCUT2D eigenvalue weighted by Crippen LogP contribution is 2.36. The minimum absolute atomic E-state index is 0.271. The molecule has 5 aliphatic heterocycles. The zero-order chi connectivity index (χ0) is 15.3. The van der Waals surface area contributed by atoms with E-state index in [-0.39, 0.29) is 5.92 Å². The van der Waals surface area contributed by atoms with E-state index in [1.165, 1.54) is 6.42 Å². The molecule has 5 nitrogen and oxygen atoms in total. The lowest BCUT2D eigenvalue weighted by Crippen LogP contribution is -2.71. The van der Waals surface area contributed by atoms with E-state index in [1.54, 1.807) is 0 Å². The van der Waals surface area contributed by atoms with Crippen molar-refractivity contribution in [3.05, 3.63) is 0 Å². The average Bonchev–Trinajstić information content (AvgIpc) is 2.46. The van der Waals surface area contributed by atoms with Gasteiger partial charge < -0.3 is 9.64 Å². The molecule has 2 atom stereocenters. The number of amides is 1. The number of carbonyl (C=O) groups is 1. The van der Waals surface area contributed by atoms with Gasteiger partial charge in [-0.3, -0.25) is 14.6 Å². The van der Waals surface area contributed by atoms with Crippen LogP contribution in [0.5, 0.6) is 0 Å². The Kier molecular flexibility index (Phi) is 3.91. The lowest BCUT2D eigenvalue weighted by atomic mass is 9.83. The van der Waals surface area contributed by atoms with Crippen LogP contribution in [0.1, 0.15) is 33.1 Å². The standard InChI is InChI=1S/C17H29N3O2/c1-12(2)19-8-14-7-15(9-19)20(14)17(21)13-3-5-18(6-4-13)16-10-22-11-16/h12-16H,3-11H2,1-2H3. The van der Waals surface area contributed by atoms with Gasteiger partial charge in [0.25, 0.3) is 0 Å². The Morgan fingerprint density at radius 1 is 1.05 bits per heavy atom. The average molecular weight is 307 g/mol. The number of fused-ring (bicyclic) bond motifs is 2. The maximum Gasteiger partial charge on any atom is 0.226 e. The summed E-state index contributed by atoms with van der Waals surface area (Å²) in [5.74, 6) is 0.724. The Labute approximate surface area is 133 Å². The lowest BCUT2D eigenvalue weighted by Gasteiger charge is -2.58. The van der Waals surface area contributed by atoms with Crippen molar-refractivity contribution in [3.63, 3.8) is 0 Å². The molecule has 5 heterocycles. The molecule has 0 aromatic rings. The van der Waals surface area contributed by atoms with Crippen LogP contribution in [0.25, 0.3) is 0 Å². The van der Waals surface area contributed by atoms with Gasteiger partial charge in [0.05, 0.1) is 19.3 Å². The van der Waals surface area contributed by atoms with E-state index in [2.05, 4.69) is 28.5 Å². The van der Waals surface area contributed by atoms with Crippen LogP contribution in [0.15, 0.2) is 0 Å². The largest absolute Gasteiger partial charge is 0.378 e. The quantitative estimate of drug-likeness (QED) is 0.772. The monoisotopic (exact) mass is 307 g/mol. The minimum Gasteiger partial charge on any atom is -0.378 e. The molecule has 0 aromatic carbocycles. The molecule has 2 bridgehead atoms. The fourth-order valence-corrected chi connectivity index (χ4v) is 4.58. The number of hydrogen-bond donors (Lipinski definition) is 0. The van der Waals surface area contributed by atoms with Gasteiger partial charge >= 0.3 is 0 Å². The van der Waals surface area contributed by atoms with E-state index in [0.717, 1.165) is 52.2 Å². The number of piperidine rings is 2. The third kappa shape index (κ3) is 2.47.